The first-order valence-electron chi connectivity index (χ1n) is 11.7. The number of para-hydroxylation sites is 2. The Hall–Kier alpha value is -3.12. The van der Waals surface area contributed by atoms with Crippen LogP contribution in [0.3, 0.4) is 0 Å². The van der Waals surface area contributed by atoms with Crippen LogP contribution in [0.2, 0.25) is 0 Å². The number of carbonyl (C=O) groups is 1. The lowest BCUT2D eigenvalue weighted by atomic mass is 10.1. The smallest absolute Gasteiger partial charge is 0.253 e. The predicted molar refractivity (Wildman–Crippen MR) is 139 cm³/mol. The van der Waals surface area contributed by atoms with Gasteiger partial charge in [0, 0.05) is 48.0 Å². The molecule has 5 nitrogen and oxygen atoms in total. The minimum atomic E-state index is 0.0734. The summed E-state index contributed by atoms with van der Waals surface area (Å²) in [6.45, 7) is 7.58. The van der Waals surface area contributed by atoms with Crippen molar-refractivity contribution < 1.29 is 14.3 Å². The molecule has 34 heavy (non-hydrogen) atoms. The number of amides is 1. The lowest BCUT2D eigenvalue weighted by Gasteiger charge is -2.36. The van der Waals surface area contributed by atoms with Gasteiger partial charge in [-0.3, -0.25) is 4.79 Å². The molecule has 1 aliphatic heterocycles. The Morgan fingerprint density at radius 1 is 0.941 bits per heavy atom. The van der Waals surface area contributed by atoms with Crippen molar-refractivity contribution in [1.82, 2.24) is 4.90 Å². The summed E-state index contributed by atoms with van der Waals surface area (Å²) < 4.78 is 11.4. The van der Waals surface area contributed by atoms with Crippen LogP contribution >= 0.6 is 11.8 Å². The van der Waals surface area contributed by atoms with Crippen molar-refractivity contribution in [1.29, 1.82) is 0 Å². The number of piperazine rings is 1. The Kier molecular flexibility index (Phi) is 8.01. The minimum absolute atomic E-state index is 0.0734. The van der Waals surface area contributed by atoms with Crippen molar-refractivity contribution in [2.24, 2.45) is 0 Å². The number of methoxy groups -OCH3 is 1. The van der Waals surface area contributed by atoms with E-state index in [0.29, 0.717) is 25.3 Å². The molecule has 0 spiro atoms. The highest BCUT2D eigenvalue weighted by atomic mass is 32.2. The van der Waals surface area contributed by atoms with Gasteiger partial charge in [0.15, 0.2) is 0 Å². The second-order valence-corrected chi connectivity index (χ2v) is 9.36. The van der Waals surface area contributed by atoms with Crippen LogP contribution in [0, 0.1) is 6.92 Å². The lowest BCUT2D eigenvalue weighted by Crippen LogP contribution is -2.48. The summed E-state index contributed by atoms with van der Waals surface area (Å²) in [4.78, 5) is 18.8. The third kappa shape index (κ3) is 5.68. The SMILES string of the molecule is CCOc1ccc(C(=O)N2CCN(c3ccccc3OC)CC2)cc1CSc1ccc(C)cc1. The highest BCUT2D eigenvalue weighted by Gasteiger charge is 2.24. The molecule has 1 saturated heterocycles. The number of thioether (sulfide) groups is 1. The maximum Gasteiger partial charge on any atom is 0.253 e. The van der Waals surface area contributed by atoms with E-state index in [1.807, 2.05) is 48.2 Å². The van der Waals surface area contributed by atoms with Crippen LogP contribution in [0.1, 0.15) is 28.4 Å². The van der Waals surface area contributed by atoms with Crippen molar-refractivity contribution in [2.75, 3.05) is 44.8 Å². The number of benzene rings is 3. The van der Waals surface area contributed by atoms with E-state index in [4.69, 9.17) is 9.47 Å². The van der Waals surface area contributed by atoms with Crippen LogP contribution in [0.4, 0.5) is 5.69 Å². The molecule has 1 aliphatic rings. The van der Waals surface area contributed by atoms with Crippen molar-refractivity contribution >= 4 is 23.4 Å². The molecule has 178 valence electrons. The van der Waals surface area contributed by atoms with E-state index in [9.17, 15) is 4.79 Å². The molecule has 0 saturated carbocycles. The van der Waals surface area contributed by atoms with Crippen LogP contribution in [-0.2, 0) is 5.75 Å². The summed E-state index contributed by atoms with van der Waals surface area (Å²) in [7, 11) is 1.69. The zero-order chi connectivity index (χ0) is 23.9. The molecule has 1 fully saturated rings. The number of aryl methyl sites for hydroxylation is 1. The van der Waals surface area contributed by atoms with Gasteiger partial charge in [-0.2, -0.15) is 0 Å². The van der Waals surface area contributed by atoms with Crippen molar-refractivity contribution in [3.63, 3.8) is 0 Å². The van der Waals surface area contributed by atoms with Gasteiger partial charge in [-0.05, 0) is 56.3 Å². The second-order valence-electron chi connectivity index (χ2n) is 8.31. The second kappa shape index (κ2) is 11.3. The molecular formula is C28H32N2O3S. The topological polar surface area (TPSA) is 42.0 Å². The van der Waals surface area contributed by atoms with Crippen LogP contribution in [-0.4, -0.2) is 50.7 Å². The Labute approximate surface area is 206 Å². The quantitative estimate of drug-likeness (QED) is 0.393. The first kappa shape index (κ1) is 24.0. The molecule has 3 aromatic carbocycles. The summed E-state index contributed by atoms with van der Waals surface area (Å²) in [5.41, 5.74) is 4.09. The minimum Gasteiger partial charge on any atom is -0.495 e. The van der Waals surface area contributed by atoms with Crippen LogP contribution in [0.25, 0.3) is 0 Å². The molecule has 0 unspecified atom stereocenters. The van der Waals surface area contributed by atoms with E-state index in [2.05, 4.69) is 42.2 Å². The Morgan fingerprint density at radius 2 is 1.68 bits per heavy atom. The van der Waals surface area contributed by atoms with Gasteiger partial charge in [-0.25, -0.2) is 0 Å². The van der Waals surface area contributed by atoms with Crippen LogP contribution < -0.4 is 14.4 Å². The van der Waals surface area contributed by atoms with E-state index >= 15 is 0 Å². The van der Waals surface area contributed by atoms with Gasteiger partial charge in [-0.15, -0.1) is 11.8 Å². The number of rotatable bonds is 8. The van der Waals surface area contributed by atoms with Gasteiger partial charge in [-0.1, -0.05) is 29.8 Å². The predicted octanol–water partition coefficient (Wildman–Crippen LogP) is 5.66. The molecular weight excluding hydrogens is 444 g/mol. The van der Waals surface area contributed by atoms with E-state index < -0.39 is 0 Å². The summed E-state index contributed by atoms with van der Waals surface area (Å²) >= 11 is 1.76. The number of nitrogens with zero attached hydrogens (tertiary/aromatic N) is 2. The molecule has 0 radical (unpaired) electrons. The third-order valence-corrected chi connectivity index (χ3v) is 7.08. The van der Waals surface area contributed by atoms with Crippen LogP contribution in [0.15, 0.2) is 71.6 Å². The normalized spacial score (nSPS) is 13.6. The summed E-state index contributed by atoms with van der Waals surface area (Å²) in [6, 6.07) is 22.4. The zero-order valence-corrected chi connectivity index (χ0v) is 20.9. The largest absolute Gasteiger partial charge is 0.495 e. The van der Waals surface area contributed by atoms with Gasteiger partial charge in [0.25, 0.3) is 5.91 Å². The standard InChI is InChI=1S/C28H32N2O3S/c1-4-33-26-14-11-22(19-23(26)20-34-24-12-9-21(2)10-13-24)28(31)30-17-15-29(16-18-30)25-7-5-6-8-27(25)32-3/h5-14,19H,4,15-18,20H2,1-3H3. The Bertz CT molecular complexity index is 1110. The Morgan fingerprint density at radius 3 is 2.38 bits per heavy atom. The van der Waals surface area contributed by atoms with Crippen LogP contribution in [0.5, 0.6) is 11.5 Å². The fourth-order valence-corrected chi connectivity index (χ4v) is 5.02. The fraction of sp³-hybridized carbons (Fsp3) is 0.321. The molecule has 1 heterocycles. The maximum absolute atomic E-state index is 13.3. The van der Waals surface area contributed by atoms with Crippen molar-refractivity contribution in [2.45, 2.75) is 24.5 Å². The number of carbonyl (C=O) groups excluding carboxylic acids is 1. The fourth-order valence-electron chi connectivity index (χ4n) is 4.14. The van der Waals surface area contributed by atoms with E-state index in [1.165, 1.54) is 10.5 Å². The van der Waals surface area contributed by atoms with Crippen molar-refractivity contribution in [3.8, 4) is 11.5 Å². The molecule has 4 rings (SSSR count). The van der Waals surface area contributed by atoms with Crippen molar-refractivity contribution in [3.05, 3.63) is 83.4 Å². The third-order valence-electron chi connectivity index (χ3n) is 6.02. The summed E-state index contributed by atoms with van der Waals surface area (Å²) in [6.07, 6.45) is 0. The average Bonchev–Trinajstić information content (AvgIpc) is 2.89. The molecule has 0 aromatic heterocycles. The molecule has 0 atom stereocenters. The average molecular weight is 477 g/mol. The summed E-state index contributed by atoms with van der Waals surface area (Å²) in [5.74, 6) is 2.54. The monoisotopic (exact) mass is 476 g/mol. The molecule has 0 bridgehead atoms. The van der Waals surface area contributed by atoms with Gasteiger partial charge in [0.05, 0.1) is 19.4 Å². The highest BCUT2D eigenvalue weighted by molar-refractivity contribution is 7.98. The molecule has 3 aromatic rings. The molecule has 0 aliphatic carbocycles. The van der Waals surface area contributed by atoms with E-state index in [1.54, 1.807) is 18.9 Å². The first-order chi connectivity index (χ1) is 16.6. The molecule has 6 heteroatoms. The van der Waals surface area contributed by atoms with E-state index in [0.717, 1.165) is 41.6 Å². The van der Waals surface area contributed by atoms with Gasteiger partial charge < -0.3 is 19.3 Å². The van der Waals surface area contributed by atoms with E-state index in [-0.39, 0.29) is 5.91 Å². The molecule has 0 N–H and O–H groups in total. The first-order valence-corrected chi connectivity index (χ1v) is 12.7. The van der Waals surface area contributed by atoms with Gasteiger partial charge in [0.1, 0.15) is 11.5 Å². The zero-order valence-electron chi connectivity index (χ0n) is 20.1. The summed E-state index contributed by atoms with van der Waals surface area (Å²) in [5, 5.41) is 0. The molecule has 1 amide bonds. The number of hydrogen-bond acceptors (Lipinski definition) is 5. The number of ether oxygens (including phenoxy) is 2. The maximum atomic E-state index is 13.3. The highest BCUT2D eigenvalue weighted by Crippen LogP contribution is 2.31. The van der Waals surface area contributed by atoms with Gasteiger partial charge >= 0.3 is 0 Å². The number of hydrogen-bond donors (Lipinski definition) is 0. The number of anilines is 1. The lowest BCUT2D eigenvalue weighted by molar-refractivity contribution is 0.0746. The Balaban J connectivity index is 1.44. The van der Waals surface area contributed by atoms with Gasteiger partial charge in [0.2, 0.25) is 0 Å².